The lowest BCUT2D eigenvalue weighted by Gasteiger charge is -2.29. The molecule has 0 aliphatic carbocycles. The van der Waals surface area contributed by atoms with Crippen LogP contribution >= 0.6 is 0 Å². The summed E-state index contributed by atoms with van der Waals surface area (Å²) in [6.07, 6.45) is 0. The molecule has 4 rings (SSSR count). The Balaban J connectivity index is 1.88. The molecular weight excluding hydrogens is 316 g/mol. The van der Waals surface area contributed by atoms with E-state index in [2.05, 4.69) is 95.6 Å². The zero-order valence-corrected chi connectivity index (χ0v) is 15.2. The summed E-state index contributed by atoms with van der Waals surface area (Å²) in [4.78, 5) is 0. The van der Waals surface area contributed by atoms with E-state index in [1.54, 1.807) is 0 Å². The summed E-state index contributed by atoms with van der Waals surface area (Å²) in [7, 11) is 4.09. The highest BCUT2D eigenvalue weighted by atomic mass is 15.0. The quantitative estimate of drug-likeness (QED) is 0.521. The molecule has 0 fully saturated rings. The Kier molecular flexibility index (Phi) is 4.70. The summed E-state index contributed by atoms with van der Waals surface area (Å²) in [5, 5.41) is 12.3. The molecule has 2 heteroatoms. The molecule has 0 aliphatic rings. The molecule has 4 aromatic carbocycles. The molecule has 0 heterocycles. The SMILES string of the molecule is CN[C@@H](c1cccc2ccccc12)[C@@H](NC)c1cccc2ccccc12. The van der Waals surface area contributed by atoms with Gasteiger partial charge in [0.15, 0.2) is 0 Å². The summed E-state index contributed by atoms with van der Waals surface area (Å²) in [6.45, 7) is 0. The van der Waals surface area contributed by atoms with Gasteiger partial charge in [0, 0.05) is 0 Å². The minimum atomic E-state index is 0.164. The third-order valence-electron chi connectivity index (χ3n) is 5.27. The number of nitrogens with one attached hydrogen (secondary N) is 2. The molecule has 0 spiro atoms. The van der Waals surface area contributed by atoms with Gasteiger partial charge in [-0.3, -0.25) is 0 Å². The molecule has 26 heavy (non-hydrogen) atoms. The topological polar surface area (TPSA) is 24.1 Å². The second kappa shape index (κ2) is 7.28. The third-order valence-corrected chi connectivity index (χ3v) is 5.27. The zero-order chi connectivity index (χ0) is 17.9. The van der Waals surface area contributed by atoms with Crippen LogP contribution in [0, 0.1) is 0 Å². The highest BCUT2D eigenvalue weighted by molar-refractivity contribution is 5.88. The lowest BCUT2D eigenvalue weighted by atomic mass is 9.88. The average molecular weight is 340 g/mol. The van der Waals surface area contributed by atoms with E-state index >= 15 is 0 Å². The maximum atomic E-state index is 3.56. The molecule has 0 aliphatic heterocycles. The molecule has 130 valence electrons. The van der Waals surface area contributed by atoms with Crippen LogP contribution in [0.1, 0.15) is 23.2 Å². The van der Waals surface area contributed by atoms with Crippen molar-refractivity contribution in [3.05, 3.63) is 96.1 Å². The van der Waals surface area contributed by atoms with E-state index in [4.69, 9.17) is 0 Å². The molecular formula is C24H24N2. The van der Waals surface area contributed by atoms with Crippen molar-refractivity contribution in [2.75, 3.05) is 14.1 Å². The minimum Gasteiger partial charge on any atom is -0.311 e. The van der Waals surface area contributed by atoms with Crippen molar-refractivity contribution < 1.29 is 0 Å². The summed E-state index contributed by atoms with van der Waals surface area (Å²) in [5.41, 5.74) is 2.63. The van der Waals surface area contributed by atoms with Crippen LogP contribution in [0.3, 0.4) is 0 Å². The average Bonchev–Trinajstić information content (AvgIpc) is 2.71. The molecule has 0 radical (unpaired) electrons. The van der Waals surface area contributed by atoms with Crippen LogP contribution in [-0.4, -0.2) is 14.1 Å². The maximum Gasteiger partial charge on any atom is 0.0522 e. The molecule has 0 amide bonds. The van der Waals surface area contributed by atoms with Crippen molar-refractivity contribution in [1.29, 1.82) is 0 Å². The van der Waals surface area contributed by atoms with E-state index in [-0.39, 0.29) is 12.1 Å². The summed E-state index contributed by atoms with van der Waals surface area (Å²) in [6, 6.07) is 30.7. The van der Waals surface area contributed by atoms with Crippen molar-refractivity contribution in [3.63, 3.8) is 0 Å². The Labute approximate surface area is 154 Å². The number of likely N-dealkylation sites (N-methyl/N-ethyl adjacent to an activating group) is 2. The predicted molar refractivity (Wildman–Crippen MR) is 111 cm³/mol. The summed E-state index contributed by atoms with van der Waals surface area (Å²) < 4.78 is 0. The molecule has 2 atom stereocenters. The van der Waals surface area contributed by atoms with E-state index in [0.717, 1.165) is 0 Å². The van der Waals surface area contributed by atoms with Crippen molar-refractivity contribution in [1.82, 2.24) is 10.6 Å². The Morgan fingerprint density at radius 1 is 0.500 bits per heavy atom. The van der Waals surface area contributed by atoms with E-state index in [0.29, 0.717) is 0 Å². The van der Waals surface area contributed by atoms with Crippen LogP contribution in [-0.2, 0) is 0 Å². The zero-order valence-electron chi connectivity index (χ0n) is 15.2. The van der Waals surface area contributed by atoms with Crippen LogP contribution < -0.4 is 10.6 Å². The molecule has 0 unspecified atom stereocenters. The standard InChI is InChI=1S/C24H24N2/c1-25-23(21-15-7-11-17-9-3-5-13-19(17)21)24(26-2)22-16-8-12-18-10-4-6-14-20(18)22/h3-16,23-26H,1-2H3/t23-,24-/m0/s1. The second-order valence-electron chi connectivity index (χ2n) is 6.67. The van der Waals surface area contributed by atoms with Crippen molar-refractivity contribution >= 4 is 21.5 Å². The van der Waals surface area contributed by atoms with E-state index < -0.39 is 0 Å². The van der Waals surface area contributed by atoms with Gasteiger partial charge in [0.2, 0.25) is 0 Å². The lowest BCUT2D eigenvalue weighted by Crippen LogP contribution is -2.32. The number of hydrogen-bond donors (Lipinski definition) is 2. The molecule has 2 nitrogen and oxygen atoms in total. The Morgan fingerprint density at radius 2 is 0.885 bits per heavy atom. The normalized spacial score (nSPS) is 13.8. The van der Waals surface area contributed by atoms with Crippen LogP contribution in [0.15, 0.2) is 84.9 Å². The van der Waals surface area contributed by atoms with Crippen molar-refractivity contribution in [2.24, 2.45) is 0 Å². The first-order valence-electron chi connectivity index (χ1n) is 9.13. The van der Waals surface area contributed by atoms with Gasteiger partial charge in [-0.05, 0) is 46.8 Å². The molecule has 0 saturated heterocycles. The van der Waals surface area contributed by atoms with E-state index in [1.807, 2.05) is 14.1 Å². The predicted octanol–water partition coefficient (Wildman–Crippen LogP) is 5.21. The highest BCUT2D eigenvalue weighted by Crippen LogP contribution is 2.35. The number of rotatable bonds is 5. The van der Waals surface area contributed by atoms with Crippen LogP contribution in [0.2, 0.25) is 0 Å². The largest absolute Gasteiger partial charge is 0.311 e. The fraction of sp³-hybridized carbons (Fsp3) is 0.167. The van der Waals surface area contributed by atoms with Crippen LogP contribution in [0.4, 0.5) is 0 Å². The number of fused-ring (bicyclic) bond motifs is 2. The van der Waals surface area contributed by atoms with Gasteiger partial charge in [-0.2, -0.15) is 0 Å². The van der Waals surface area contributed by atoms with Gasteiger partial charge in [0.05, 0.1) is 12.1 Å². The van der Waals surface area contributed by atoms with E-state index in [9.17, 15) is 0 Å². The van der Waals surface area contributed by atoms with Gasteiger partial charge in [-0.1, -0.05) is 84.9 Å². The molecule has 0 saturated carbocycles. The Hall–Kier alpha value is -2.68. The minimum absolute atomic E-state index is 0.164. The van der Waals surface area contributed by atoms with Gasteiger partial charge in [-0.25, -0.2) is 0 Å². The highest BCUT2D eigenvalue weighted by Gasteiger charge is 2.24. The fourth-order valence-corrected chi connectivity index (χ4v) is 4.05. The molecule has 0 bridgehead atoms. The molecule has 2 N–H and O–H groups in total. The van der Waals surface area contributed by atoms with Gasteiger partial charge in [0.25, 0.3) is 0 Å². The third kappa shape index (κ3) is 2.88. The van der Waals surface area contributed by atoms with Gasteiger partial charge < -0.3 is 10.6 Å². The first kappa shape index (κ1) is 16.8. The van der Waals surface area contributed by atoms with Gasteiger partial charge in [-0.15, -0.1) is 0 Å². The second-order valence-corrected chi connectivity index (χ2v) is 6.67. The van der Waals surface area contributed by atoms with Gasteiger partial charge >= 0.3 is 0 Å². The van der Waals surface area contributed by atoms with Crippen molar-refractivity contribution in [2.45, 2.75) is 12.1 Å². The van der Waals surface area contributed by atoms with Gasteiger partial charge in [0.1, 0.15) is 0 Å². The summed E-state index contributed by atoms with van der Waals surface area (Å²) >= 11 is 0. The lowest BCUT2D eigenvalue weighted by molar-refractivity contribution is 0.437. The molecule has 4 aromatic rings. The maximum absolute atomic E-state index is 3.56. The smallest absolute Gasteiger partial charge is 0.0522 e. The Bertz CT molecular complexity index is 942. The van der Waals surface area contributed by atoms with Crippen LogP contribution in [0.25, 0.3) is 21.5 Å². The monoisotopic (exact) mass is 340 g/mol. The van der Waals surface area contributed by atoms with E-state index in [1.165, 1.54) is 32.7 Å². The van der Waals surface area contributed by atoms with Crippen molar-refractivity contribution in [3.8, 4) is 0 Å². The number of benzene rings is 4. The Morgan fingerprint density at radius 3 is 1.31 bits per heavy atom. The fourth-order valence-electron chi connectivity index (χ4n) is 4.05. The first-order chi connectivity index (χ1) is 12.8. The first-order valence-corrected chi connectivity index (χ1v) is 9.13. The summed E-state index contributed by atoms with van der Waals surface area (Å²) in [5.74, 6) is 0. The van der Waals surface area contributed by atoms with Crippen LogP contribution in [0.5, 0.6) is 0 Å². The number of hydrogen-bond acceptors (Lipinski definition) is 2. The molecule has 0 aromatic heterocycles.